The van der Waals surface area contributed by atoms with Crippen LogP contribution in [0.5, 0.6) is 11.8 Å². The molecule has 18 heteroatoms. The van der Waals surface area contributed by atoms with Gasteiger partial charge < -0.3 is 25.8 Å². The van der Waals surface area contributed by atoms with Crippen LogP contribution < -0.4 is 25.8 Å². The quantitative estimate of drug-likeness (QED) is 0.182. The van der Waals surface area contributed by atoms with Crippen LogP contribution in [0.3, 0.4) is 0 Å². The number of hydrogen-bond donors (Lipinski definition) is 2. The first kappa shape index (κ1) is 34.0. The highest BCUT2D eigenvalue weighted by Crippen LogP contribution is 2.54. The summed E-state index contributed by atoms with van der Waals surface area (Å²) in [6, 6.07) is 2.55. The minimum absolute atomic E-state index is 0.0538. The number of thiophene rings is 1. The number of benzene rings is 2. The Kier molecular flexibility index (Phi) is 7.99. The molecule has 11 nitrogen and oxygen atoms in total. The molecule has 4 N–H and O–H groups in total. The summed E-state index contributed by atoms with van der Waals surface area (Å²) in [6.07, 6.45) is -1.86. The standard InChI is InChI=1S/C34H29F6N9O2S/c1-15(25-29(42)45-7-6-44-25)49-9-10-50-27-22-26(46-32(47-31(22)49)51-14-33-5-2-8-48(33)13-16(35)11-33)24(37)21(23(27)34(38,39)40)17-3-4-19(36)28-20(17)18(12-41)30(43)52-28/h3-4,6-7,15-16H,2,5,8-11,13-14,43H2,1H3,(H2,42,45)/t15-,16-,33+/m1/s1. The van der Waals surface area contributed by atoms with Crippen molar-refractivity contribution in [1.29, 1.82) is 5.26 Å². The van der Waals surface area contributed by atoms with Crippen molar-refractivity contribution in [2.45, 2.75) is 50.1 Å². The van der Waals surface area contributed by atoms with E-state index in [2.05, 4.69) is 19.9 Å². The smallest absolute Gasteiger partial charge is 0.420 e. The molecule has 0 amide bonds. The number of fused-ring (bicyclic) bond motifs is 2. The van der Waals surface area contributed by atoms with Crippen molar-refractivity contribution in [2.24, 2.45) is 0 Å². The molecule has 0 bridgehead atoms. The summed E-state index contributed by atoms with van der Waals surface area (Å²) in [5.41, 5.74) is 7.92. The van der Waals surface area contributed by atoms with E-state index >= 15 is 22.0 Å². The molecule has 0 unspecified atom stereocenters. The summed E-state index contributed by atoms with van der Waals surface area (Å²) in [7, 11) is 0. The van der Waals surface area contributed by atoms with Crippen molar-refractivity contribution in [3.63, 3.8) is 0 Å². The number of halogens is 6. The van der Waals surface area contributed by atoms with Crippen molar-refractivity contribution in [3.05, 3.63) is 53.0 Å². The fraction of sp³-hybridized carbons (Fsp3) is 0.382. The van der Waals surface area contributed by atoms with E-state index in [1.165, 1.54) is 12.4 Å². The molecular formula is C34H29F6N9O2S. The predicted octanol–water partition coefficient (Wildman–Crippen LogP) is 6.55. The summed E-state index contributed by atoms with van der Waals surface area (Å²) >= 11 is 0.660. The van der Waals surface area contributed by atoms with Gasteiger partial charge in [0, 0.05) is 36.3 Å². The topological polar surface area (TPSA) is 152 Å². The van der Waals surface area contributed by atoms with E-state index in [0.717, 1.165) is 18.6 Å². The van der Waals surface area contributed by atoms with E-state index < -0.39 is 68.9 Å². The van der Waals surface area contributed by atoms with Crippen LogP contribution in [0.4, 0.5) is 43.0 Å². The molecule has 6 heterocycles. The molecular weight excluding hydrogens is 712 g/mol. The van der Waals surface area contributed by atoms with Gasteiger partial charge in [-0.25, -0.2) is 18.2 Å². The Balaban J connectivity index is 1.41. The molecule has 3 aromatic heterocycles. The van der Waals surface area contributed by atoms with E-state index in [-0.39, 0.29) is 76.7 Å². The maximum Gasteiger partial charge on any atom is 0.420 e. The second-order valence-electron chi connectivity index (χ2n) is 13.1. The third kappa shape index (κ3) is 5.19. The van der Waals surface area contributed by atoms with Gasteiger partial charge in [-0.05, 0) is 37.9 Å². The highest BCUT2D eigenvalue weighted by Gasteiger charge is 2.50. The Labute approximate surface area is 295 Å². The predicted molar refractivity (Wildman–Crippen MR) is 181 cm³/mol. The van der Waals surface area contributed by atoms with Gasteiger partial charge in [0.05, 0.1) is 33.8 Å². The maximum absolute atomic E-state index is 17.3. The van der Waals surface area contributed by atoms with Crippen molar-refractivity contribution < 1.29 is 35.8 Å². The van der Waals surface area contributed by atoms with Crippen LogP contribution in [-0.2, 0) is 6.18 Å². The van der Waals surface area contributed by atoms with Crippen molar-refractivity contribution in [3.8, 4) is 29.0 Å². The Morgan fingerprint density at radius 2 is 1.94 bits per heavy atom. The molecule has 52 heavy (non-hydrogen) atoms. The number of aromatic nitrogens is 4. The number of alkyl halides is 4. The summed E-state index contributed by atoms with van der Waals surface area (Å²) in [5, 5.41) is 9.08. The molecule has 3 aliphatic rings. The average Bonchev–Trinajstić information content (AvgIpc) is 3.70. The first-order chi connectivity index (χ1) is 24.8. The van der Waals surface area contributed by atoms with Crippen LogP contribution in [0.1, 0.15) is 49.0 Å². The van der Waals surface area contributed by atoms with Gasteiger partial charge in [0.1, 0.15) is 70.4 Å². The third-order valence-corrected chi connectivity index (χ3v) is 11.2. The number of nitriles is 1. The van der Waals surface area contributed by atoms with E-state index in [1.54, 1.807) is 11.8 Å². The van der Waals surface area contributed by atoms with E-state index in [4.69, 9.17) is 20.9 Å². The monoisotopic (exact) mass is 741 g/mol. The number of rotatable bonds is 6. The normalized spacial score (nSPS) is 20.9. The van der Waals surface area contributed by atoms with Crippen molar-refractivity contribution in [2.75, 3.05) is 49.2 Å². The zero-order chi connectivity index (χ0) is 36.7. The molecule has 3 aliphatic heterocycles. The van der Waals surface area contributed by atoms with Gasteiger partial charge in [-0.3, -0.25) is 9.88 Å². The largest absolute Gasteiger partial charge is 0.490 e. The summed E-state index contributed by atoms with van der Waals surface area (Å²) in [4.78, 5) is 20.9. The lowest BCUT2D eigenvalue weighted by Crippen LogP contribution is -2.43. The van der Waals surface area contributed by atoms with E-state index in [0.29, 0.717) is 24.3 Å². The molecule has 0 radical (unpaired) electrons. The zero-order valence-electron chi connectivity index (χ0n) is 27.4. The average molecular weight is 742 g/mol. The van der Waals surface area contributed by atoms with Gasteiger partial charge in [0.15, 0.2) is 5.82 Å². The Bertz CT molecular complexity index is 2310. The van der Waals surface area contributed by atoms with Crippen LogP contribution in [0.25, 0.3) is 32.1 Å². The van der Waals surface area contributed by atoms with Crippen LogP contribution in [0.2, 0.25) is 0 Å². The lowest BCUT2D eigenvalue weighted by Gasteiger charge is -2.32. The van der Waals surface area contributed by atoms with Crippen LogP contribution in [-0.4, -0.2) is 69.4 Å². The second kappa shape index (κ2) is 12.2. The SMILES string of the molecule is C[C@H](c1nccnc1N)N1CCOc2c(C(F)(F)F)c(-c3ccc(F)c4sc(N)c(C#N)c34)c(F)c3nc(OC[C@@]45CCCN4C[C@H](F)C5)nc1c23. The molecule has 0 spiro atoms. The van der Waals surface area contributed by atoms with Gasteiger partial charge in [-0.2, -0.15) is 28.4 Å². The fourth-order valence-electron chi connectivity index (χ4n) is 7.92. The van der Waals surface area contributed by atoms with Crippen LogP contribution in [0.15, 0.2) is 24.5 Å². The summed E-state index contributed by atoms with van der Waals surface area (Å²) in [6.45, 7) is 2.14. The molecule has 3 atom stereocenters. The lowest BCUT2D eigenvalue weighted by molar-refractivity contribution is -0.138. The second-order valence-corrected chi connectivity index (χ2v) is 14.2. The maximum atomic E-state index is 17.3. The minimum Gasteiger partial charge on any atom is -0.490 e. The van der Waals surface area contributed by atoms with Gasteiger partial charge in [-0.1, -0.05) is 6.07 Å². The molecule has 8 rings (SSSR count). The summed E-state index contributed by atoms with van der Waals surface area (Å²) < 4.78 is 105. The third-order valence-electron chi connectivity index (χ3n) is 10.2. The molecule has 5 aromatic rings. The Hall–Kier alpha value is -5.15. The molecule has 2 saturated heterocycles. The Morgan fingerprint density at radius 1 is 1.15 bits per heavy atom. The lowest BCUT2D eigenvalue weighted by atomic mass is 9.91. The van der Waals surface area contributed by atoms with E-state index in [9.17, 15) is 9.65 Å². The number of nitrogens with zero attached hydrogens (tertiary/aromatic N) is 7. The number of nitrogen functional groups attached to an aromatic ring is 2. The van der Waals surface area contributed by atoms with Gasteiger partial charge >= 0.3 is 12.2 Å². The van der Waals surface area contributed by atoms with E-state index in [1.807, 2.05) is 11.0 Å². The molecule has 0 aliphatic carbocycles. The zero-order valence-corrected chi connectivity index (χ0v) is 28.2. The van der Waals surface area contributed by atoms with Gasteiger partial charge in [-0.15, -0.1) is 11.3 Å². The number of ether oxygens (including phenoxy) is 2. The molecule has 2 aromatic carbocycles. The van der Waals surface area contributed by atoms with Gasteiger partial charge in [0.2, 0.25) is 0 Å². The van der Waals surface area contributed by atoms with Gasteiger partial charge in [0.25, 0.3) is 0 Å². The molecule has 0 saturated carbocycles. The highest BCUT2D eigenvalue weighted by atomic mass is 32.1. The highest BCUT2D eigenvalue weighted by molar-refractivity contribution is 7.23. The first-order valence-corrected chi connectivity index (χ1v) is 17.2. The number of nitrogens with two attached hydrogens (primary N) is 2. The van der Waals surface area contributed by atoms with Crippen molar-refractivity contribution >= 4 is 49.0 Å². The van der Waals surface area contributed by atoms with Crippen LogP contribution in [0, 0.1) is 23.0 Å². The molecule has 270 valence electrons. The molecule has 2 fully saturated rings. The minimum atomic E-state index is -5.24. The Morgan fingerprint density at radius 3 is 2.69 bits per heavy atom. The fourth-order valence-corrected chi connectivity index (χ4v) is 8.87. The number of anilines is 3. The summed E-state index contributed by atoms with van der Waals surface area (Å²) in [5.74, 6) is -3.15. The van der Waals surface area contributed by atoms with Crippen molar-refractivity contribution in [1.82, 2.24) is 24.8 Å². The first-order valence-electron chi connectivity index (χ1n) is 16.4. The van der Waals surface area contributed by atoms with Crippen LogP contribution >= 0.6 is 11.3 Å². The number of hydrogen-bond acceptors (Lipinski definition) is 12.